The number of hydrogen-bond acceptors (Lipinski definition) is 3. The first-order valence-electron chi connectivity index (χ1n) is 11.9. The van der Waals surface area contributed by atoms with Gasteiger partial charge in [-0.05, 0) is 35.1 Å². The average molecular weight is 444 g/mol. The minimum absolute atomic E-state index is 0.368. The largest absolute Gasteiger partial charge is 0.254 e. The van der Waals surface area contributed by atoms with Gasteiger partial charge in [0.05, 0.1) is 28.1 Å². The molecule has 0 radical (unpaired) electrons. The zero-order chi connectivity index (χ0) is 23.7. The van der Waals surface area contributed by atoms with E-state index in [2.05, 4.69) is 105 Å². The fraction of sp³-hybridized carbons (Fsp3) is 0.194. The van der Waals surface area contributed by atoms with E-state index in [-0.39, 0.29) is 0 Å². The molecule has 0 aliphatic rings. The Bertz CT molecular complexity index is 1470. The van der Waals surface area contributed by atoms with E-state index in [1.54, 1.807) is 0 Å². The molecule has 0 aliphatic carbocycles. The molecule has 3 nitrogen and oxygen atoms in total. The lowest BCUT2D eigenvalue weighted by Crippen LogP contribution is -2.07. The standard InChI is InChI=1S/C31H29N3/c1-20(2)25-13-8-14-26(21(3)4)31(25)34-28(22-10-6-5-7-11-22)27-18-17-24-16-15-23-12-9-19-32-29(23)30(24)33-27/h5-21H,1-4H3. The van der Waals surface area contributed by atoms with Crippen LogP contribution in [0.15, 0.2) is 96.1 Å². The van der Waals surface area contributed by atoms with E-state index in [4.69, 9.17) is 9.98 Å². The fourth-order valence-corrected chi connectivity index (χ4v) is 4.47. The predicted octanol–water partition coefficient (Wildman–Crippen LogP) is 8.20. The van der Waals surface area contributed by atoms with Crippen LogP contribution >= 0.6 is 0 Å². The summed E-state index contributed by atoms with van der Waals surface area (Å²) in [5, 5.41) is 2.16. The first-order chi connectivity index (χ1) is 16.5. The molecule has 2 heterocycles. The van der Waals surface area contributed by atoms with E-state index in [0.29, 0.717) is 11.8 Å². The first-order valence-corrected chi connectivity index (χ1v) is 11.9. The van der Waals surface area contributed by atoms with Gasteiger partial charge in [0, 0.05) is 22.5 Å². The van der Waals surface area contributed by atoms with E-state index >= 15 is 0 Å². The molecular formula is C31H29N3. The van der Waals surface area contributed by atoms with Gasteiger partial charge in [0.2, 0.25) is 0 Å². The molecule has 5 rings (SSSR count). The zero-order valence-corrected chi connectivity index (χ0v) is 20.2. The number of rotatable bonds is 5. The van der Waals surface area contributed by atoms with Crippen LogP contribution in [0, 0.1) is 0 Å². The Kier molecular flexibility index (Phi) is 5.93. The van der Waals surface area contributed by atoms with Crippen LogP contribution in [0.2, 0.25) is 0 Å². The van der Waals surface area contributed by atoms with Gasteiger partial charge in [0.15, 0.2) is 0 Å². The summed E-state index contributed by atoms with van der Waals surface area (Å²) in [6, 6.07) is 29.4. The molecule has 0 atom stereocenters. The van der Waals surface area contributed by atoms with Crippen LogP contribution in [0.25, 0.3) is 21.8 Å². The first kappa shape index (κ1) is 22.0. The van der Waals surface area contributed by atoms with Crippen LogP contribution in [0.3, 0.4) is 0 Å². The van der Waals surface area contributed by atoms with Crippen molar-refractivity contribution in [3.05, 3.63) is 114 Å². The number of fused-ring (bicyclic) bond motifs is 3. The van der Waals surface area contributed by atoms with Crippen molar-refractivity contribution in [1.82, 2.24) is 9.97 Å². The third-order valence-electron chi connectivity index (χ3n) is 6.29. The summed E-state index contributed by atoms with van der Waals surface area (Å²) in [6.45, 7) is 8.92. The Hall–Kier alpha value is -3.85. The minimum atomic E-state index is 0.368. The van der Waals surface area contributed by atoms with Gasteiger partial charge in [0.25, 0.3) is 0 Å². The predicted molar refractivity (Wildman–Crippen MR) is 143 cm³/mol. The number of para-hydroxylation sites is 1. The van der Waals surface area contributed by atoms with Crippen molar-refractivity contribution < 1.29 is 0 Å². The topological polar surface area (TPSA) is 38.1 Å². The van der Waals surface area contributed by atoms with E-state index < -0.39 is 0 Å². The van der Waals surface area contributed by atoms with Gasteiger partial charge in [-0.3, -0.25) is 4.98 Å². The van der Waals surface area contributed by atoms with Crippen LogP contribution < -0.4 is 0 Å². The Morgan fingerprint density at radius 3 is 1.97 bits per heavy atom. The van der Waals surface area contributed by atoms with Crippen molar-refractivity contribution in [2.75, 3.05) is 0 Å². The SMILES string of the molecule is CC(C)c1cccc(C(C)C)c1N=C(c1ccccc1)c1ccc2ccc3cccnc3c2n1. The number of hydrogen-bond donors (Lipinski definition) is 0. The molecule has 0 spiro atoms. The van der Waals surface area contributed by atoms with Gasteiger partial charge < -0.3 is 0 Å². The quantitative estimate of drug-likeness (QED) is 0.203. The summed E-state index contributed by atoms with van der Waals surface area (Å²) in [5.41, 5.74) is 8.18. The van der Waals surface area contributed by atoms with Gasteiger partial charge in [-0.1, -0.05) is 100 Å². The van der Waals surface area contributed by atoms with Crippen molar-refractivity contribution in [3.63, 3.8) is 0 Å². The number of nitrogens with zero attached hydrogens (tertiary/aromatic N) is 3. The second kappa shape index (κ2) is 9.18. The summed E-state index contributed by atoms with van der Waals surface area (Å²) in [4.78, 5) is 15.1. The van der Waals surface area contributed by atoms with E-state index in [1.807, 2.05) is 18.3 Å². The number of pyridine rings is 2. The molecular weight excluding hydrogens is 414 g/mol. The lowest BCUT2D eigenvalue weighted by atomic mass is 9.92. The van der Waals surface area contributed by atoms with Crippen LogP contribution in [0.5, 0.6) is 0 Å². The summed E-state index contributed by atoms with van der Waals surface area (Å²) in [5.74, 6) is 0.736. The van der Waals surface area contributed by atoms with Crippen LogP contribution in [-0.2, 0) is 0 Å². The molecule has 0 N–H and O–H groups in total. The summed E-state index contributed by atoms with van der Waals surface area (Å²) < 4.78 is 0. The number of aromatic nitrogens is 2. The maximum Gasteiger partial charge on any atom is 0.0972 e. The van der Waals surface area contributed by atoms with Crippen molar-refractivity contribution in [2.24, 2.45) is 4.99 Å². The highest BCUT2D eigenvalue weighted by molar-refractivity contribution is 6.14. The molecule has 0 bridgehead atoms. The monoisotopic (exact) mass is 443 g/mol. The van der Waals surface area contributed by atoms with Crippen LogP contribution in [0.1, 0.15) is 61.9 Å². The van der Waals surface area contributed by atoms with Gasteiger partial charge >= 0.3 is 0 Å². The number of benzene rings is 3. The molecule has 0 fully saturated rings. The number of aliphatic imine (C=N–C) groups is 1. The summed E-state index contributed by atoms with van der Waals surface area (Å²) in [7, 11) is 0. The third-order valence-corrected chi connectivity index (χ3v) is 6.29. The lowest BCUT2D eigenvalue weighted by Gasteiger charge is -2.18. The molecule has 34 heavy (non-hydrogen) atoms. The maximum atomic E-state index is 5.36. The van der Waals surface area contributed by atoms with E-state index in [9.17, 15) is 0 Å². The van der Waals surface area contributed by atoms with E-state index in [1.165, 1.54) is 11.1 Å². The van der Waals surface area contributed by atoms with Gasteiger partial charge in [0.1, 0.15) is 0 Å². The van der Waals surface area contributed by atoms with Crippen molar-refractivity contribution in [3.8, 4) is 0 Å². The Labute approximate surface area is 201 Å². The van der Waals surface area contributed by atoms with Crippen molar-refractivity contribution >= 4 is 33.2 Å². The average Bonchev–Trinajstić information content (AvgIpc) is 2.87. The molecule has 0 saturated heterocycles. The second-order valence-electron chi connectivity index (χ2n) is 9.33. The molecule has 168 valence electrons. The normalized spacial score (nSPS) is 12.2. The molecule has 0 saturated carbocycles. The van der Waals surface area contributed by atoms with E-state index in [0.717, 1.165) is 44.5 Å². The third kappa shape index (κ3) is 4.10. The Morgan fingerprint density at radius 1 is 0.647 bits per heavy atom. The minimum Gasteiger partial charge on any atom is -0.254 e. The zero-order valence-electron chi connectivity index (χ0n) is 20.2. The molecule has 0 aliphatic heterocycles. The van der Waals surface area contributed by atoms with Gasteiger partial charge in [-0.25, -0.2) is 9.98 Å². The molecule has 0 amide bonds. The Balaban J connectivity index is 1.81. The second-order valence-corrected chi connectivity index (χ2v) is 9.33. The molecule has 3 aromatic carbocycles. The van der Waals surface area contributed by atoms with Crippen molar-refractivity contribution in [1.29, 1.82) is 0 Å². The van der Waals surface area contributed by atoms with Gasteiger partial charge in [-0.2, -0.15) is 0 Å². The van der Waals surface area contributed by atoms with Gasteiger partial charge in [-0.15, -0.1) is 0 Å². The molecule has 2 aromatic heterocycles. The molecule has 5 aromatic rings. The fourth-order valence-electron chi connectivity index (χ4n) is 4.47. The summed E-state index contributed by atoms with van der Waals surface area (Å²) >= 11 is 0. The Morgan fingerprint density at radius 2 is 1.29 bits per heavy atom. The van der Waals surface area contributed by atoms with Crippen molar-refractivity contribution in [2.45, 2.75) is 39.5 Å². The smallest absolute Gasteiger partial charge is 0.0972 e. The molecule has 0 unspecified atom stereocenters. The lowest BCUT2D eigenvalue weighted by molar-refractivity contribution is 0.834. The highest BCUT2D eigenvalue weighted by Crippen LogP contribution is 2.36. The maximum absolute atomic E-state index is 5.36. The summed E-state index contributed by atoms with van der Waals surface area (Å²) in [6.07, 6.45) is 1.83. The highest BCUT2D eigenvalue weighted by atomic mass is 14.8. The van der Waals surface area contributed by atoms with Crippen LogP contribution in [-0.4, -0.2) is 15.7 Å². The van der Waals surface area contributed by atoms with Crippen LogP contribution in [0.4, 0.5) is 5.69 Å². The highest BCUT2D eigenvalue weighted by Gasteiger charge is 2.17. The molecule has 3 heteroatoms.